The SMILES string of the molecule is CCc1ccc2cc(-c3cccc(O)c3)ccc2n1. The minimum absolute atomic E-state index is 0.289. The summed E-state index contributed by atoms with van der Waals surface area (Å²) in [5.41, 5.74) is 4.23. The molecule has 1 heterocycles. The first kappa shape index (κ1) is 11.7. The molecule has 0 saturated carbocycles. The summed E-state index contributed by atoms with van der Waals surface area (Å²) < 4.78 is 0. The van der Waals surface area contributed by atoms with E-state index in [-0.39, 0.29) is 5.75 Å². The minimum Gasteiger partial charge on any atom is -0.508 e. The van der Waals surface area contributed by atoms with Crippen molar-refractivity contribution in [3.8, 4) is 16.9 Å². The Hall–Kier alpha value is -2.35. The Balaban J connectivity index is 2.11. The minimum atomic E-state index is 0.289. The first-order valence-electron chi connectivity index (χ1n) is 6.45. The van der Waals surface area contributed by atoms with Crippen LogP contribution in [0.25, 0.3) is 22.0 Å². The van der Waals surface area contributed by atoms with Crippen LogP contribution in [0.5, 0.6) is 5.75 Å². The maximum atomic E-state index is 9.54. The molecule has 0 spiro atoms. The van der Waals surface area contributed by atoms with Crippen molar-refractivity contribution < 1.29 is 5.11 Å². The summed E-state index contributed by atoms with van der Waals surface area (Å²) in [5, 5.41) is 10.7. The molecule has 0 radical (unpaired) electrons. The van der Waals surface area contributed by atoms with Crippen LogP contribution < -0.4 is 0 Å². The number of fused-ring (bicyclic) bond motifs is 1. The van der Waals surface area contributed by atoms with Gasteiger partial charge in [0.1, 0.15) is 5.75 Å². The van der Waals surface area contributed by atoms with Crippen molar-refractivity contribution in [3.05, 3.63) is 60.3 Å². The molecule has 0 aliphatic carbocycles. The summed E-state index contributed by atoms with van der Waals surface area (Å²) in [5.74, 6) is 0.289. The fourth-order valence-electron chi connectivity index (χ4n) is 2.23. The van der Waals surface area contributed by atoms with Crippen molar-refractivity contribution in [2.75, 3.05) is 0 Å². The lowest BCUT2D eigenvalue weighted by Crippen LogP contribution is -1.88. The maximum absolute atomic E-state index is 9.54. The summed E-state index contributed by atoms with van der Waals surface area (Å²) in [6, 6.07) is 17.7. The third kappa shape index (κ3) is 2.29. The van der Waals surface area contributed by atoms with Gasteiger partial charge in [0.15, 0.2) is 0 Å². The Morgan fingerprint density at radius 3 is 2.58 bits per heavy atom. The number of phenolic OH excluding ortho intramolecular Hbond substituents is 1. The molecule has 2 heteroatoms. The molecule has 0 unspecified atom stereocenters. The molecule has 0 fully saturated rings. The van der Waals surface area contributed by atoms with Gasteiger partial charge in [0, 0.05) is 11.1 Å². The molecule has 1 N–H and O–H groups in total. The molecule has 94 valence electrons. The van der Waals surface area contributed by atoms with Gasteiger partial charge in [0.25, 0.3) is 0 Å². The highest BCUT2D eigenvalue weighted by atomic mass is 16.3. The number of nitrogens with zero attached hydrogens (tertiary/aromatic N) is 1. The zero-order valence-corrected chi connectivity index (χ0v) is 10.8. The first-order valence-corrected chi connectivity index (χ1v) is 6.45. The molecule has 0 aliphatic heterocycles. The number of phenols is 1. The van der Waals surface area contributed by atoms with E-state index in [1.54, 1.807) is 12.1 Å². The quantitative estimate of drug-likeness (QED) is 0.739. The van der Waals surface area contributed by atoms with Crippen molar-refractivity contribution in [3.63, 3.8) is 0 Å². The van der Waals surface area contributed by atoms with E-state index in [9.17, 15) is 5.11 Å². The number of rotatable bonds is 2. The summed E-state index contributed by atoms with van der Waals surface area (Å²) in [4.78, 5) is 4.60. The van der Waals surface area contributed by atoms with Crippen molar-refractivity contribution in [2.45, 2.75) is 13.3 Å². The monoisotopic (exact) mass is 249 g/mol. The lowest BCUT2D eigenvalue weighted by molar-refractivity contribution is 0.475. The van der Waals surface area contributed by atoms with E-state index in [2.05, 4.69) is 30.1 Å². The number of hydrogen-bond donors (Lipinski definition) is 1. The fourth-order valence-corrected chi connectivity index (χ4v) is 2.23. The number of pyridine rings is 1. The van der Waals surface area contributed by atoms with Gasteiger partial charge in [0.2, 0.25) is 0 Å². The molecule has 2 aromatic carbocycles. The molecule has 2 nitrogen and oxygen atoms in total. The first-order chi connectivity index (χ1) is 9.26. The average Bonchev–Trinajstić information content (AvgIpc) is 2.46. The highest BCUT2D eigenvalue weighted by molar-refractivity contribution is 5.84. The molecule has 0 atom stereocenters. The van der Waals surface area contributed by atoms with Gasteiger partial charge >= 0.3 is 0 Å². The van der Waals surface area contributed by atoms with Crippen LogP contribution in [0.1, 0.15) is 12.6 Å². The molecule has 19 heavy (non-hydrogen) atoms. The lowest BCUT2D eigenvalue weighted by atomic mass is 10.0. The van der Waals surface area contributed by atoms with E-state index >= 15 is 0 Å². The van der Waals surface area contributed by atoms with Crippen LogP contribution in [0, 0.1) is 0 Å². The Kier molecular flexibility index (Phi) is 2.92. The number of hydrogen-bond acceptors (Lipinski definition) is 2. The van der Waals surface area contributed by atoms with Gasteiger partial charge in [-0.25, -0.2) is 0 Å². The normalized spacial score (nSPS) is 10.8. The molecule has 1 aromatic heterocycles. The predicted molar refractivity (Wildman–Crippen MR) is 78.2 cm³/mol. The van der Waals surface area contributed by atoms with E-state index in [1.807, 2.05) is 24.3 Å². The average molecular weight is 249 g/mol. The van der Waals surface area contributed by atoms with Crippen molar-refractivity contribution in [1.82, 2.24) is 4.98 Å². The number of aromatic hydroxyl groups is 1. The Morgan fingerprint density at radius 2 is 1.79 bits per heavy atom. The number of benzene rings is 2. The summed E-state index contributed by atoms with van der Waals surface area (Å²) in [6.07, 6.45) is 0.949. The van der Waals surface area contributed by atoms with Gasteiger partial charge in [-0.05, 0) is 47.9 Å². The second kappa shape index (κ2) is 4.73. The van der Waals surface area contributed by atoms with Crippen LogP contribution in [-0.2, 0) is 6.42 Å². The molecule has 0 amide bonds. The van der Waals surface area contributed by atoms with E-state index in [0.717, 1.165) is 34.1 Å². The van der Waals surface area contributed by atoms with Gasteiger partial charge in [-0.15, -0.1) is 0 Å². The van der Waals surface area contributed by atoms with Crippen molar-refractivity contribution >= 4 is 10.9 Å². The summed E-state index contributed by atoms with van der Waals surface area (Å²) in [7, 11) is 0. The van der Waals surface area contributed by atoms with Crippen LogP contribution in [0.2, 0.25) is 0 Å². The molecule has 0 bridgehead atoms. The highest BCUT2D eigenvalue weighted by Crippen LogP contribution is 2.26. The van der Waals surface area contributed by atoms with Gasteiger partial charge in [-0.3, -0.25) is 4.98 Å². The Labute approximate surface area is 112 Å². The number of aryl methyl sites for hydroxylation is 1. The summed E-state index contributed by atoms with van der Waals surface area (Å²) in [6.45, 7) is 2.11. The topological polar surface area (TPSA) is 33.1 Å². The molecular weight excluding hydrogens is 234 g/mol. The maximum Gasteiger partial charge on any atom is 0.116 e. The zero-order valence-electron chi connectivity index (χ0n) is 10.8. The lowest BCUT2D eigenvalue weighted by Gasteiger charge is -2.05. The zero-order chi connectivity index (χ0) is 13.2. The van der Waals surface area contributed by atoms with Gasteiger partial charge < -0.3 is 5.11 Å². The Bertz CT molecular complexity index is 734. The van der Waals surface area contributed by atoms with E-state index < -0.39 is 0 Å². The molecule has 0 saturated heterocycles. The third-order valence-electron chi connectivity index (χ3n) is 3.29. The smallest absolute Gasteiger partial charge is 0.116 e. The highest BCUT2D eigenvalue weighted by Gasteiger charge is 2.02. The third-order valence-corrected chi connectivity index (χ3v) is 3.29. The van der Waals surface area contributed by atoms with Crippen molar-refractivity contribution in [1.29, 1.82) is 0 Å². The van der Waals surface area contributed by atoms with Crippen LogP contribution in [0.15, 0.2) is 54.6 Å². The standard InChI is InChI=1S/C17H15NO/c1-2-15-8-6-14-10-13(7-9-17(14)18-15)12-4-3-5-16(19)11-12/h3-11,19H,2H2,1H3. The second-order valence-corrected chi connectivity index (χ2v) is 4.61. The van der Waals surface area contributed by atoms with Crippen LogP contribution in [-0.4, -0.2) is 10.1 Å². The fraction of sp³-hybridized carbons (Fsp3) is 0.118. The summed E-state index contributed by atoms with van der Waals surface area (Å²) >= 11 is 0. The van der Waals surface area contributed by atoms with Crippen LogP contribution >= 0.6 is 0 Å². The Morgan fingerprint density at radius 1 is 0.947 bits per heavy atom. The van der Waals surface area contributed by atoms with E-state index in [4.69, 9.17) is 0 Å². The van der Waals surface area contributed by atoms with E-state index in [1.165, 1.54) is 0 Å². The molecular formula is C17H15NO. The van der Waals surface area contributed by atoms with Crippen LogP contribution in [0.3, 0.4) is 0 Å². The second-order valence-electron chi connectivity index (χ2n) is 4.61. The predicted octanol–water partition coefficient (Wildman–Crippen LogP) is 4.17. The van der Waals surface area contributed by atoms with Crippen molar-refractivity contribution in [2.24, 2.45) is 0 Å². The molecule has 3 rings (SSSR count). The van der Waals surface area contributed by atoms with Gasteiger partial charge in [-0.2, -0.15) is 0 Å². The van der Waals surface area contributed by atoms with Gasteiger partial charge in [-0.1, -0.05) is 31.2 Å². The van der Waals surface area contributed by atoms with Crippen LogP contribution in [0.4, 0.5) is 0 Å². The largest absolute Gasteiger partial charge is 0.508 e. The van der Waals surface area contributed by atoms with Gasteiger partial charge in [0.05, 0.1) is 5.52 Å². The molecule has 0 aliphatic rings. The number of aromatic nitrogens is 1. The molecule has 3 aromatic rings. The van der Waals surface area contributed by atoms with E-state index in [0.29, 0.717) is 0 Å².